The molecule has 0 aromatic heterocycles. The molecule has 1 saturated carbocycles. The number of primary amides is 1. The molecule has 5 N–H and O–H groups in total. The Morgan fingerprint density at radius 1 is 1.19 bits per heavy atom. The number of piperidine rings is 1. The second kappa shape index (κ2) is 10.8. The highest BCUT2D eigenvalue weighted by molar-refractivity contribution is 14.0. The topological polar surface area (TPSA) is 96.7 Å². The largest absolute Gasteiger partial charge is 0.370 e. The van der Waals surface area contributed by atoms with E-state index in [0.29, 0.717) is 12.5 Å². The fourth-order valence-electron chi connectivity index (χ4n) is 3.69. The summed E-state index contributed by atoms with van der Waals surface area (Å²) >= 11 is 0. The molecule has 27 heavy (non-hydrogen) atoms. The van der Waals surface area contributed by atoms with Gasteiger partial charge in [0.2, 0.25) is 5.91 Å². The summed E-state index contributed by atoms with van der Waals surface area (Å²) in [7, 11) is 0. The van der Waals surface area contributed by atoms with Crippen molar-refractivity contribution in [3.8, 4) is 0 Å². The van der Waals surface area contributed by atoms with E-state index in [1.807, 2.05) is 0 Å². The van der Waals surface area contributed by atoms with Crippen LogP contribution in [0.3, 0.4) is 0 Å². The number of nitrogens with two attached hydrogens (primary N) is 2. The summed E-state index contributed by atoms with van der Waals surface area (Å²) in [6.07, 6.45) is 5.88. The van der Waals surface area contributed by atoms with Crippen LogP contribution in [0.2, 0.25) is 0 Å². The van der Waals surface area contributed by atoms with Crippen LogP contribution in [0, 0.1) is 11.8 Å². The van der Waals surface area contributed by atoms with Crippen LogP contribution in [-0.4, -0.2) is 36.4 Å². The van der Waals surface area contributed by atoms with Crippen LogP contribution in [0.4, 0.5) is 0 Å². The number of likely N-dealkylation sites (tertiary alicyclic amines) is 1. The summed E-state index contributed by atoms with van der Waals surface area (Å²) in [6.45, 7) is 4.14. The van der Waals surface area contributed by atoms with Crippen molar-refractivity contribution in [2.45, 2.75) is 45.2 Å². The van der Waals surface area contributed by atoms with Crippen LogP contribution in [0.25, 0.3) is 0 Å². The van der Waals surface area contributed by atoms with Gasteiger partial charge in [-0.25, -0.2) is 4.99 Å². The Balaban J connectivity index is 0.00000261. The molecule has 2 aliphatic rings. The van der Waals surface area contributed by atoms with Crippen LogP contribution >= 0.6 is 24.0 Å². The first kappa shape index (κ1) is 21.9. The first-order valence-electron chi connectivity index (χ1n) is 9.73. The smallest absolute Gasteiger partial charge is 0.221 e. The van der Waals surface area contributed by atoms with Gasteiger partial charge in [0.25, 0.3) is 0 Å². The van der Waals surface area contributed by atoms with Crippen LogP contribution in [0.1, 0.15) is 43.2 Å². The molecule has 0 bridgehead atoms. The molecule has 6 nitrogen and oxygen atoms in total. The Morgan fingerprint density at radius 3 is 2.67 bits per heavy atom. The number of nitrogens with zero attached hydrogens (tertiary/aromatic N) is 2. The predicted octanol–water partition coefficient (Wildman–Crippen LogP) is 2.21. The average molecular weight is 485 g/mol. The van der Waals surface area contributed by atoms with Gasteiger partial charge < -0.3 is 16.8 Å². The number of hydrogen-bond acceptors (Lipinski definition) is 3. The zero-order valence-corrected chi connectivity index (χ0v) is 18.2. The highest BCUT2D eigenvalue weighted by Crippen LogP contribution is 2.25. The van der Waals surface area contributed by atoms with Crippen molar-refractivity contribution in [1.29, 1.82) is 0 Å². The van der Waals surface area contributed by atoms with Gasteiger partial charge in [0.1, 0.15) is 0 Å². The number of hydrogen-bond donors (Lipinski definition) is 3. The number of carbonyl (C=O) groups is 1. The Morgan fingerprint density at radius 2 is 1.96 bits per heavy atom. The summed E-state index contributed by atoms with van der Waals surface area (Å²) in [5.41, 5.74) is 13.8. The molecule has 150 valence electrons. The molecule has 7 heteroatoms. The molecule has 1 amide bonds. The lowest BCUT2D eigenvalue weighted by molar-refractivity contribution is -0.123. The Labute approximate surface area is 179 Å². The SMILES string of the molecule is I.NC(=O)C1CCCN(Cc2cccc(CN=C(N)NCC3CCC3)c2)C1. The van der Waals surface area contributed by atoms with Crippen molar-refractivity contribution >= 4 is 35.8 Å². The van der Waals surface area contributed by atoms with Gasteiger partial charge in [0, 0.05) is 19.6 Å². The molecule has 1 saturated heterocycles. The summed E-state index contributed by atoms with van der Waals surface area (Å²) in [6, 6.07) is 8.44. The number of benzene rings is 1. The normalized spacial score (nSPS) is 21.2. The third-order valence-corrected chi connectivity index (χ3v) is 5.53. The van der Waals surface area contributed by atoms with E-state index in [2.05, 4.69) is 39.5 Å². The van der Waals surface area contributed by atoms with Gasteiger partial charge in [-0.3, -0.25) is 9.69 Å². The highest BCUT2D eigenvalue weighted by Gasteiger charge is 2.23. The number of nitrogens with one attached hydrogen (secondary N) is 1. The van der Waals surface area contributed by atoms with E-state index in [9.17, 15) is 4.79 Å². The molecule has 0 radical (unpaired) electrons. The van der Waals surface area contributed by atoms with Gasteiger partial charge >= 0.3 is 0 Å². The maximum absolute atomic E-state index is 11.4. The lowest BCUT2D eigenvalue weighted by atomic mass is 9.85. The number of carbonyl (C=O) groups excluding carboxylic acids is 1. The van der Waals surface area contributed by atoms with E-state index in [0.717, 1.165) is 50.5 Å². The van der Waals surface area contributed by atoms with E-state index in [1.54, 1.807) is 0 Å². The monoisotopic (exact) mass is 485 g/mol. The van der Waals surface area contributed by atoms with E-state index >= 15 is 0 Å². The first-order chi connectivity index (χ1) is 12.6. The molecular weight excluding hydrogens is 453 g/mol. The van der Waals surface area contributed by atoms with E-state index < -0.39 is 0 Å². The van der Waals surface area contributed by atoms with E-state index in [-0.39, 0.29) is 35.8 Å². The lowest BCUT2D eigenvalue weighted by Crippen LogP contribution is -2.40. The summed E-state index contributed by atoms with van der Waals surface area (Å²) in [4.78, 5) is 18.2. The zero-order chi connectivity index (χ0) is 18.4. The van der Waals surface area contributed by atoms with E-state index in [4.69, 9.17) is 11.5 Å². The summed E-state index contributed by atoms with van der Waals surface area (Å²) < 4.78 is 0. The maximum atomic E-state index is 11.4. The average Bonchev–Trinajstić information content (AvgIpc) is 2.59. The molecular formula is C20H32IN5O. The van der Waals surface area contributed by atoms with Crippen molar-refractivity contribution in [1.82, 2.24) is 10.2 Å². The van der Waals surface area contributed by atoms with Gasteiger partial charge in [0.15, 0.2) is 5.96 Å². The number of amides is 1. The molecule has 1 aromatic rings. The lowest BCUT2D eigenvalue weighted by Gasteiger charge is -2.31. The van der Waals surface area contributed by atoms with Crippen LogP contribution in [-0.2, 0) is 17.9 Å². The second-order valence-electron chi connectivity index (χ2n) is 7.68. The highest BCUT2D eigenvalue weighted by atomic mass is 127. The Bertz CT molecular complexity index is 647. The van der Waals surface area contributed by atoms with Crippen molar-refractivity contribution in [3.05, 3.63) is 35.4 Å². The minimum absolute atomic E-state index is 0. The molecule has 1 atom stereocenters. The molecule has 1 aliphatic carbocycles. The fourth-order valence-corrected chi connectivity index (χ4v) is 3.69. The third-order valence-electron chi connectivity index (χ3n) is 5.53. The Kier molecular flexibility index (Phi) is 8.82. The molecule has 1 aliphatic heterocycles. The minimum atomic E-state index is -0.178. The summed E-state index contributed by atoms with van der Waals surface area (Å²) in [5, 5.41) is 3.23. The van der Waals surface area contributed by atoms with E-state index in [1.165, 1.54) is 24.8 Å². The molecule has 1 heterocycles. The van der Waals surface area contributed by atoms with Gasteiger partial charge in [-0.15, -0.1) is 24.0 Å². The Hall–Kier alpha value is -1.35. The van der Waals surface area contributed by atoms with Crippen LogP contribution in [0.5, 0.6) is 0 Å². The van der Waals surface area contributed by atoms with Crippen LogP contribution < -0.4 is 16.8 Å². The number of aliphatic imine (C=N–C) groups is 1. The van der Waals surface area contributed by atoms with Gasteiger partial charge in [-0.1, -0.05) is 30.7 Å². The third kappa shape index (κ3) is 6.95. The minimum Gasteiger partial charge on any atom is -0.370 e. The van der Waals surface area contributed by atoms with Gasteiger partial charge in [0.05, 0.1) is 12.5 Å². The number of rotatable bonds is 7. The standard InChI is InChI=1S/C20H31N5O.HI/c21-19(26)18-8-3-9-25(14-18)13-17-7-2-6-16(10-17)12-24-20(22)23-11-15-4-1-5-15;/h2,6-7,10,15,18H,1,3-5,8-9,11-14H2,(H2,21,26)(H3,22,23,24);1H. The predicted molar refractivity (Wildman–Crippen MR) is 120 cm³/mol. The fraction of sp³-hybridized carbons (Fsp3) is 0.600. The van der Waals surface area contributed by atoms with Crippen molar-refractivity contribution < 1.29 is 4.79 Å². The molecule has 2 fully saturated rings. The maximum Gasteiger partial charge on any atom is 0.221 e. The summed E-state index contributed by atoms with van der Waals surface area (Å²) in [5.74, 6) is 1.10. The number of guanidine groups is 1. The number of halogens is 1. The van der Waals surface area contributed by atoms with Crippen molar-refractivity contribution in [2.75, 3.05) is 19.6 Å². The molecule has 0 spiro atoms. The molecule has 1 aromatic carbocycles. The van der Waals surface area contributed by atoms with Crippen molar-refractivity contribution in [3.63, 3.8) is 0 Å². The quantitative estimate of drug-likeness (QED) is 0.314. The second-order valence-corrected chi connectivity index (χ2v) is 7.68. The van der Waals surface area contributed by atoms with Crippen molar-refractivity contribution in [2.24, 2.45) is 28.3 Å². The zero-order valence-electron chi connectivity index (χ0n) is 15.9. The van der Waals surface area contributed by atoms with Crippen LogP contribution in [0.15, 0.2) is 29.3 Å². The molecule has 1 unspecified atom stereocenters. The van der Waals surface area contributed by atoms with Gasteiger partial charge in [-0.05, 0) is 49.3 Å². The first-order valence-corrected chi connectivity index (χ1v) is 9.73. The van der Waals surface area contributed by atoms with Gasteiger partial charge in [-0.2, -0.15) is 0 Å². The molecule has 3 rings (SSSR count).